The molecule has 160 valence electrons. The molecule has 1 saturated heterocycles. The summed E-state index contributed by atoms with van der Waals surface area (Å²) in [6.07, 6.45) is 1.50. The van der Waals surface area contributed by atoms with Crippen molar-refractivity contribution in [2.24, 2.45) is 0 Å². The van der Waals surface area contributed by atoms with E-state index < -0.39 is 0 Å². The zero-order chi connectivity index (χ0) is 21.7. The summed E-state index contributed by atoms with van der Waals surface area (Å²) in [6, 6.07) is 15.1. The number of nitrogens with one attached hydrogen (secondary N) is 1. The minimum absolute atomic E-state index is 0.234. The fraction of sp³-hybridized carbons (Fsp3) is 0.208. The van der Waals surface area contributed by atoms with Crippen LogP contribution in [-0.2, 0) is 4.74 Å². The van der Waals surface area contributed by atoms with Crippen LogP contribution in [0.3, 0.4) is 0 Å². The molecule has 0 atom stereocenters. The van der Waals surface area contributed by atoms with Gasteiger partial charge >= 0.3 is 0 Å². The van der Waals surface area contributed by atoms with Gasteiger partial charge in [-0.2, -0.15) is 5.10 Å². The van der Waals surface area contributed by atoms with Gasteiger partial charge in [0.05, 0.1) is 24.4 Å². The molecule has 8 heteroatoms. The summed E-state index contributed by atoms with van der Waals surface area (Å²) in [5.41, 5.74) is 4.61. The molecular weight excluding hydrogens is 407 g/mol. The quantitative estimate of drug-likeness (QED) is 0.465. The smallest absolute Gasteiger partial charge is 0.157 e. The Morgan fingerprint density at radius 1 is 1.03 bits per heavy atom. The fourth-order valence-electron chi connectivity index (χ4n) is 4.55. The second-order valence-corrected chi connectivity index (χ2v) is 7.90. The number of H-pyrrole nitrogens is 1. The number of halogens is 1. The SMILES string of the molecule is Cc1nc2c(-c3ncn[nH]3)cc(N3CCOCC3)cc2n1-c1cccc2c(F)cccc12. The van der Waals surface area contributed by atoms with Gasteiger partial charge in [0.2, 0.25) is 0 Å². The van der Waals surface area contributed by atoms with Gasteiger partial charge in [0.15, 0.2) is 5.82 Å². The van der Waals surface area contributed by atoms with Crippen LogP contribution in [0.5, 0.6) is 0 Å². The summed E-state index contributed by atoms with van der Waals surface area (Å²) in [5, 5.41) is 8.45. The molecule has 3 aromatic carbocycles. The maximum atomic E-state index is 14.5. The Morgan fingerprint density at radius 3 is 2.66 bits per heavy atom. The maximum absolute atomic E-state index is 14.5. The number of ether oxygens (including phenoxy) is 1. The molecule has 0 radical (unpaired) electrons. The Bertz CT molecular complexity index is 1440. The molecule has 0 saturated carbocycles. The predicted molar refractivity (Wildman–Crippen MR) is 122 cm³/mol. The molecule has 0 amide bonds. The summed E-state index contributed by atoms with van der Waals surface area (Å²) < 4.78 is 22.2. The zero-order valence-electron chi connectivity index (χ0n) is 17.5. The number of nitrogens with zero attached hydrogens (tertiary/aromatic N) is 5. The number of aromatic amines is 1. The number of morpholine rings is 1. The Kier molecular flexibility index (Phi) is 4.39. The van der Waals surface area contributed by atoms with E-state index in [4.69, 9.17) is 9.72 Å². The first-order chi connectivity index (χ1) is 15.7. The van der Waals surface area contributed by atoms with Gasteiger partial charge in [-0.1, -0.05) is 24.3 Å². The molecule has 1 aliphatic heterocycles. The zero-order valence-corrected chi connectivity index (χ0v) is 17.5. The van der Waals surface area contributed by atoms with Crippen LogP contribution in [-0.4, -0.2) is 51.0 Å². The molecule has 1 fully saturated rings. The second-order valence-electron chi connectivity index (χ2n) is 7.90. The molecule has 0 bridgehead atoms. The van der Waals surface area contributed by atoms with Crippen LogP contribution >= 0.6 is 0 Å². The lowest BCUT2D eigenvalue weighted by Crippen LogP contribution is -2.36. The lowest BCUT2D eigenvalue weighted by molar-refractivity contribution is 0.122. The number of imidazole rings is 1. The molecule has 0 aliphatic carbocycles. The highest BCUT2D eigenvalue weighted by atomic mass is 19.1. The molecule has 3 heterocycles. The van der Waals surface area contributed by atoms with Crippen LogP contribution in [0.15, 0.2) is 54.9 Å². The van der Waals surface area contributed by atoms with Crippen molar-refractivity contribution >= 4 is 27.5 Å². The van der Waals surface area contributed by atoms with E-state index >= 15 is 0 Å². The largest absolute Gasteiger partial charge is 0.378 e. The predicted octanol–water partition coefficient (Wildman–Crippen LogP) is 4.25. The van der Waals surface area contributed by atoms with Crippen molar-refractivity contribution in [1.29, 1.82) is 0 Å². The first kappa shape index (κ1) is 18.9. The van der Waals surface area contributed by atoms with Gasteiger partial charge in [-0.3, -0.25) is 9.67 Å². The standard InChI is InChI=1S/C24H21FN6O/c1-15-28-23-19(24-26-14-27-29-24)12-16(30-8-10-32-11-9-30)13-22(23)31(15)21-7-3-4-17-18(21)5-2-6-20(17)25/h2-7,12-14H,8-11H2,1H3,(H,26,27,29). The van der Waals surface area contributed by atoms with Crippen LogP contribution in [0.25, 0.3) is 38.9 Å². The van der Waals surface area contributed by atoms with E-state index in [2.05, 4.69) is 36.8 Å². The van der Waals surface area contributed by atoms with Crippen LogP contribution in [0.2, 0.25) is 0 Å². The fourth-order valence-corrected chi connectivity index (χ4v) is 4.55. The Morgan fingerprint density at radius 2 is 1.84 bits per heavy atom. The van der Waals surface area contributed by atoms with Crippen LogP contribution in [0, 0.1) is 12.7 Å². The van der Waals surface area contributed by atoms with E-state index in [1.165, 1.54) is 12.4 Å². The van der Waals surface area contributed by atoms with Crippen molar-refractivity contribution in [2.45, 2.75) is 6.92 Å². The minimum Gasteiger partial charge on any atom is -0.378 e. The number of hydrogen-bond acceptors (Lipinski definition) is 5. The number of fused-ring (bicyclic) bond motifs is 2. The van der Waals surface area contributed by atoms with Crippen LogP contribution in [0.1, 0.15) is 5.82 Å². The normalized spacial score (nSPS) is 14.5. The molecule has 0 unspecified atom stereocenters. The molecule has 2 aromatic heterocycles. The number of rotatable bonds is 3. The Labute approximate surface area is 183 Å². The monoisotopic (exact) mass is 428 g/mol. The lowest BCUT2D eigenvalue weighted by atomic mass is 10.1. The van der Waals surface area contributed by atoms with Crippen molar-refractivity contribution in [2.75, 3.05) is 31.2 Å². The molecular formula is C24H21FN6O. The van der Waals surface area contributed by atoms with E-state index in [1.807, 2.05) is 31.2 Å². The van der Waals surface area contributed by atoms with Crippen LogP contribution < -0.4 is 4.90 Å². The van der Waals surface area contributed by atoms with Crippen molar-refractivity contribution in [3.63, 3.8) is 0 Å². The van der Waals surface area contributed by atoms with Crippen molar-refractivity contribution in [1.82, 2.24) is 24.7 Å². The molecule has 1 aliphatic rings. The minimum atomic E-state index is -0.234. The first-order valence-corrected chi connectivity index (χ1v) is 10.6. The van der Waals surface area contributed by atoms with Gasteiger partial charge in [-0.15, -0.1) is 0 Å². The lowest BCUT2D eigenvalue weighted by Gasteiger charge is -2.29. The summed E-state index contributed by atoms with van der Waals surface area (Å²) >= 11 is 0. The van der Waals surface area contributed by atoms with E-state index in [9.17, 15) is 4.39 Å². The van der Waals surface area contributed by atoms with E-state index in [-0.39, 0.29) is 5.82 Å². The molecule has 5 aromatic rings. The van der Waals surface area contributed by atoms with Gasteiger partial charge in [-0.05, 0) is 31.2 Å². The number of benzene rings is 3. The van der Waals surface area contributed by atoms with Gasteiger partial charge in [0.1, 0.15) is 23.5 Å². The van der Waals surface area contributed by atoms with Gasteiger partial charge in [-0.25, -0.2) is 14.4 Å². The number of hydrogen-bond donors (Lipinski definition) is 1. The highest BCUT2D eigenvalue weighted by Gasteiger charge is 2.21. The topological polar surface area (TPSA) is 71.9 Å². The van der Waals surface area contributed by atoms with Crippen LogP contribution in [0.4, 0.5) is 10.1 Å². The number of aromatic nitrogens is 5. The molecule has 0 spiro atoms. The molecule has 7 nitrogen and oxygen atoms in total. The summed E-state index contributed by atoms with van der Waals surface area (Å²) in [6.45, 7) is 4.98. The second kappa shape index (κ2) is 7.42. The summed E-state index contributed by atoms with van der Waals surface area (Å²) in [5.74, 6) is 1.25. The summed E-state index contributed by atoms with van der Waals surface area (Å²) in [4.78, 5) is 11.6. The third kappa shape index (κ3) is 2.95. The Hall–Kier alpha value is -3.78. The van der Waals surface area contributed by atoms with Gasteiger partial charge in [0, 0.05) is 35.1 Å². The average Bonchev–Trinajstić information content (AvgIpc) is 3.47. The van der Waals surface area contributed by atoms with E-state index in [0.717, 1.165) is 52.3 Å². The molecule has 32 heavy (non-hydrogen) atoms. The maximum Gasteiger partial charge on any atom is 0.157 e. The highest BCUT2D eigenvalue weighted by molar-refractivity contribution is 5.98. The number of anilines is 1. The molecule has 1 N–H and O–H groups in total. The van der Waals surface area contributed by atoms with E-state index in [1.54, 1.807) is 6.07 Å². The van der Waals surface area contributed by atoms with Gasteiger partial charge in [0.25, 0.3) is 0 Å². The first-order valence-electron chi connectivity index (χ1n) is 10.6. The van der Waals surface area contributed by atoms with Crippen molar-refractivity contribution < 1.29 is 9.13 Å². The molecule has 6 rings (SSSR count). The van der Waals surface area contributed by atoms with E-state index in [0.29, 0.717) is 24.4 Å². The number of aryl methyl sites for hydroxylation is 1. The average molecular weight is 428 g/mol. The third-order valence-corrected chi connectivity index (χ3v) is 6.05. The summed E-state index contributed by atoms with van der Waals surface area (Å²) in [7, 11) is 0. The van der Waals surface area contributed by atoms with Crippen molar-refractivity contribution in [3.05, 3.63) is 66.5 Å². The van der Waals surface area contributed by atoms with Gasteiger partial charge < -0.3 is 9.64 Å². The Balaban J connectivity index is 1.66. The third-order valence-electron chi connectivity index (χ3n) is 6.05. The van der Waals surface area contributed by atoms with Crippen molar-refractivity contribution in [3.8, 4) is 17.1 Å². The highest BCUT2D eigenvalue weighted by Crippen LogP contribution is 2.35.